The summed E-state index contributed by atoms with van der Waals surface area (Å²) in [7, 11) is 0. The number of alkyl halides is 3. The molecule has 0 amide bonds. The number of aromatic nitrogens is 3. The first-order valence-electron chi connectivity index (χ1n) is 7.09. The van der Waals surface area contributed by atoms with Crippen LogP contribution in [0.25, 0.3) is 22.2 Å². The van der Waals surface area contributed by atoms with Gasteiger partial charge in [-0.2, -0.15) is 13.2 Å². The number of nitrogens with zero attached hydrogens (tertiary/aromatic N) is 1. The van der Waals surface area contributed by atoms with E-state index in [9.17, 15) is 27.2 Å². The fourth-order valence-electron chi connectivity index (χ4n) is 2.70. The lowest BCUT2D eigenvalue weighted by molar-refractivity contribution is -0.137. The first-order valence-corrected chi connectivity index (χ1v) is 7.09. The second kappa shape index (κ2) is 5.54. The minimum Gasteiger partial charge on any atom is -0.307 e. The Morgan fingerprint density at radius 3 is 2.36 bits per heavy atom. The van der Waals surface area contributed by atoms with Crippen molar-refractivity contribution in [1.29, 1.82) is 0 Å². The van der Waals surface area contributed by atoms with Gasteiger partial charge in [0.2, 0.25) is 0 Å². The maximum atomic E-state index is 13.5. The predicted octanol–water partition coefficient (Wildman–Crippen LogP) is 3.05. The Morgan fingerprint density at radius 1 is 1.08 bits per heavy atom. The third kappa shape index (κ3) is 2.81. The third-order valence-corrected chi connectivity index (χ3v) is 3.90. The van der Waals surface area contributed by atoms with Crippen molar-refractivity contribution in [2.45, 2.75) is 20.0 Å². The lowest BCUT2D eigenvalue weighted by atomic mass is 9.94. The van der Waals surface area contributed by atoms with E-state index < -0.39 is 28.8 Å². The topological polar surface area (TPSA) is 78.6 Å². The molecule has 2 aromatic heterocycles. The highest BCUT2D eigenvalue weighted by molar-refractivity contribution is 5.89. The van der Waals surface area contributed by atoms with Crippen molar-refractivity contribution in [3.63, 3.8) is 0 Å². The van der Waals surface area contributed by atoms with Crippen LogP contribution in [0.2, 0.25) is 0 Å². The lowest BCUT2D eigenvalue weighted by Gasteiger charge is -2.17. The molecule has 0 aliphatic rings. The second-order valence-corrected chi connectivity index (χ2v) is 5.57. The molecule has 0 bridgehead atoms. The van der Waals surface area contributed by atoms with Gasteiger partial charge in [-0.1, -0.05) is 0 Å². The number of aryl methyl sites for hydroxylation is 2. The minimum atomic E-state index is -4.78. The summed E-state index contributed by atoms with van der Waals surface area (Å²) in [6.45, 7) is 2.74. The zero-order valence-electron chi connectivity index (χ0n) is 13.0. The van der Waals surface area contributed by atoms with Crippen LogP contribution < -0.4 is 11.2 Å². The van der Waals surface area contributed by atoms with Crippen LogP contribution in [0.4, 0.5) is 17.6 Å². The molecule has 0 spiro atoms. The van der Waals surface area contributed by atoms with E-state index in [0.717, 1.165) is 6.20 Å². The molecular weight excluding hydrogens is 342 g/mol. The maximum Gasteiger partial charge on any atom is 0.417 e. The summed E-state index contributed by atoms with van der Waals surface area (Å²) in [5, 5.41) is -0.299. The molecule has 3 rings (SSSR count). The van der Waals surface area contributed by atoms with Crippen molar-refractivity contribution in [3.05, 3.63) is 61.7 Å². The van der Waals surface area contributed by atoms with Gasteiger partial charge in [-0.25, -0.2) is 9.18 Å². The molecule has 0 aliphatic carbocycles. The number of pyridine rings is 1. The van der Waals surface area contributed by atoms with Gasteiger partial charge >= 0.3 is 11.9 Å². The van der Waals surface area contributed by atoms with Gasteiger partial charge < -0.3 is 4.98 Å². The molecule has 25 heavy (non-hydrogen) atoms. The summed E-state index contributed by atoms with van der Waals surface area (Å²) in [5.41, 5.74) is -3.16. The van der Waals surface area contributed by atoms with Gasteiger partial charge in [0.15, 0.2) is 0 Å². The number of fused-ring (bicyclic) bond motifs is 1. The molecule has 0 atom stereocenters. The first-order chi connectivity index (χ1) is 11.6. The van der Waals surface area contributed by atoms with E-state index in [2.05, 4.69) is 9.97 Å². The van der Waals surface area contributed by atoms with Gasteiger partial charge in [0.05, 0.1) is 28.4 Å². The van der Waals surface area contributed by atoms with Crippen LogP contribution in [0.3, 0.4) is 0 Å². The predicted molar refractivity (Wildman–Crippen MR) is 82.9 cm³/mol. The van der Waals surface area contributed by atoms with Gasteiger partial charge in [0.25, 0.3) is 5.56 Å². The van der Waals surface area contributed by atoms with E-state index in [4.69, 9.17) is 0 Å². The van der Waals surface area contributed by atoms with Crippen LogP contribution in [-0.2, 0) is 6.18 Å². The summed E-state index contributed by atoms with van der Waals surface area (Å²) in [5.74, 6) is -0.652. The van der Waals surface area contributed by atoms with E-state index in [-0.39, 0.29) is 33.3 Å². The molecule has 5 nitrogen and oxygen atoms in total. The summed E-state index contributed by atoms with van der Waals surface area (Å²) in [6, 6.07) is 1.84. The Balaban J connectivity index is 2.51. The number of aromatic amines is 2. The fourth-order valence-corrected chi connectivity index (χ4v) is 2.70. The van der Waals surface area contributed by atoms with Crippen molar-refractivity contribution in [3.8, 4) is 11.3 Å². The van der Waals surface area contributed by atoms with Crippen molar-refractivity contribution in [1.82, 2.24) is 15.0 Å². The summed E-state index contributed by atoms with van der Waals surface area (Å²) in [4.78, 5) is 31.3. The molecule has 2 N–H and O–H groups in total. The first kappa shape index (κ1) is 16.9. The molecule has 2 heterocycles. The van der Waals surface area contributed by atoms with E-state index in [0.29, 0.717) is 6.07 Å². The normalized spacial score (nSPS) is 11.9. The molecule has 0 fully saturated rings. The average molecular weight is 353 g/mol. The molecule has 0 saturated carbocycles. The zero-order valence-corrected chi connectivity index (χ0v) is 13.0. The Bertz CT molecular complexity index is 1110. The molecule has 3 aromatic rings. The van der Waals surface area contributed by atoms with E-state index in [1.807, 2.05) is 4.98 Å². The molecular formula is C16H11F4N3O2. The van der Waals surface area contributed by atoms with Gasteiger partial charge in [0, 0.05) is 5.56 Å². The maximum absolute atomic E-state index is 13.5. The molecule has 0 saturated heterocycles. The number of halogens is 4. The molecule has 0 aliphatic heterocycles. The Labute approximate surface area is 137 Å². The molecule has 0 radical (unpaired) electrons. The molecule has 9 heteroatoms. The van der Waals surface area contributed by atoms with E-state index in [1.165, 1.54) is 19.9 Å². The van der Waals surface area contributed by atoms with Gasteiger partial charge in [-0.3, -0.25) is 14.8 Å². The number of nitrogens with one attached hydrogen (secondary N) is 2. The van der Waals surface area contributed by atoms with Crippen LogP contribution in [0.5, 0.6) is 0 Å². The molecule has 130 valence electrons. The number of H-pyrrole nitrogens is 2. The van der Waals surface area contributed by atoms with Gasteiger partial charge in [-0.05, 0) is 37.1 Å². The number of hydrogen-bond donors (Lipinski definition) is 2. The third-order valence-electron chi connectivity index (χ3n) is 3.90. The largest absolute Gasteiger partial charge is 0.417 e. The second-order valence-electron chi connectivity index (χ2n) is 5.57. The van der Waals surface area contributed by atoms with E-state index >= 15 is 0 Å². The highest BCUT2D eigenvalue weighted by Crippen LogP contribution is 2.40. The van der Waals surface area contributed by atoms with Crippen molar-refractivity contribution in [2.75, 3.05) is 0 Å². The van der Waals surface area contributed by atoms with Crippen LogP contribution >= 0.6 is 0 Å². The number of benzene rings is 1. The van der Waals surface area contributed by atoms with Crippen molar-refractivity contribution >= 4 is 10.9 Å². The fraction of sp³-hybridized carbons (Fsp3) is 0.188. The summed E-state index contributed by atoms with van der Waals surface area (Å²) < 4.78 is 54.1. The van der Waals surface area contributed by atoms with Crippen LogP contribution in [-0.4, -0.2) is 15.0 Å². The molecule has 1 aromatic carbocycles. The Hall–Kier alpha value is -2.97. The van der Waals surface area contributed by atoms with Crippen LogP contribution in [0.15, 0.2) is 27.9 Å². The van der Waals surface area contributed by atoms with Gasteiger partial charge in [0.1, 0.15) is 5.82 Å². The SMILES string of the molecule is Cc1cc(-c2c(C(F)(F)F)cc3c(=O)[nH]c(=O)[nH]c3c2C)ncc1F. The van der Waals surface area contributed by atoms with Crippen LogP contribution in [0.1, 0.15) is 16.7 Å². The zero-order chi connectivity index (χ0) is 18.5. The quantitative estimate of drug-likeness (QED) is 0.660. The lowest BCUT2D eigenvalue weighted by Crippen LogP contribution is -2.23. The van der Waals surface area contributed by atoms with Crippen molar-refractivity contribution in [2.24, 2.45) is 0 Å². The van der Waals surface area contributed by atoms with E-state index in [1.54, 1.807) is 0 Å². The van der Waals surface area contributed by atoms with Gasteiger partial charge in [-0.15, -0.1) is 0 Å². The summed E-state index contributed by atoms with van der Waals surface area (Å²) in [6.07, 6.45) is -3.95. The number of rotatable bonds is 1. The highest BCUT2D eigenvalue weighted by Gasteiger charge is 2.36. The minimum absolute atomic E-state index is 0.0199. The summed E-state index contributed by atoms with van der Waals surface area (Å²) >= 11 is 0. The van der Waals surface area contributed by atoms with Crippen molar-refractivity contribution < 1.29 is 17.6 Å². The average Bonchev–Trinajstić information content (AvgIpc) is 2.50. The van der Waals surface area contributed by atoms with Crippen LogP contribution in [0, 0.1) is 19.7 Å². The monoisotopic (exact) mass is 353 g/mol. The standard InChI is InChI=1S/C16H11F4N3O2/c1-6-3-11(21-5-10(6)17)12-7(2)13-8(4-9(12)16(18,19)20)14(24)23-15(25)22-13/h3-5H,1-2H3,(H2,22,23,24,25). The smallest absolute Gasteiger partial charge is 0.307 e. The highest BCUT2D eigenvalue weighted by atomic mass is 19.4. The Morgan fingerprint density at radius 2 is 1.76 bits per heavy atom. The molecule has 0 unspecified atom stereocenters. The Kier molecular flexibility index (Phi) is 3.74. The number of hydrogen-bond acceptors (Lipinski definition) is 3.